The Morgan fingerprint density at radius 3 is 2.61 bits per heavy atom. The van der Waals surface area contributed by atoms with Crippen LogP contribution in [0.5, 0.6) is 0 Å². The molecule has 0 aliphatic carbocycles. The van der Waals surface area contributed by atoms with Crippen molar-refractivity contribution in [1.82, 2.24) is 19.7 Å². The van der Waals surface area contributed by atoms with Gasteiger partial charge in [0.25, 0.3) is 5.91 Å². The number of benzene rings is 1. The van der Waals surface area contributed by atoms with E-state index in [0.29, 0.717) is 5.54 Å². The number of fused-ring (bicyclic) bond motifs is 1. The maximum Gasteiger partial charge on any atom is 0.253 e. The summed E-state index contributed by atoms with van der Waals surface area (Å²) in [5, 5.41) is 1.14. The van der Waals surface area contributed by atoms with Gasteiger partial charge >= 0.3 is 0 Å². The second kappa shape index (κ2) is 9.10. The van der Waals surface area contributed by atoms with Gasteiger partial charge in [-0.05, 0) is 70.0 Å². The molecule has 2 heterocycles. The molecule has 1 aromatic carbocycles. The first-order chi connectivity index (χ1) is 13.4. The van der Waals surface area contributed by atoms with E-state index in [0.717, 1.165) is 42.6 Å². The largest absolute Gasteiger partial charge is 0.361 e. The molecule has 28 heavy (non-hydrogen) atoms. The first-order valence-electron chi connectivity index (χ1n) is 10.7. The molecule has 1 N–H and O–H groups in total. The zero-order chi connectivity index (χ0) is 20.1. The van der Waals surface area contributed by atoms with Gasteiger partial charge in [-0.15, -0.1) is 0 Å². The van der Waals surface area contributed by atoms with Crippen LogP contribution in [0.2, 0.25) is 0 Å². The first-order valence-corrected chi connectivity index (χ1v) is 10.7. The summed E-state index contributed by atoms with van der Waals surface area (Å²) in [7, 11) is 6.38. The Kier molecular flexibility index (Phi) is 6.78. The van der Waals surface area contributed by atoms with Crippen molar-refractivity contribution in [2.45, 2.75) is 44.6 Å². The number of nitrogens with one attached hydrogen (secondary N) is 1. The highest BCUT2D eigenvalue weighted by Gasteiger charge is 2.35. The summed E-state index contributed by atoms with van der Waals surface area (Å²) in [5.41, 5.74) is 2.13. The molecular weight excluding hydrogens is 348 g/mol. The molecule has 1 aliphatic rings. The van der Waals surface area contributed by atoms with E-state index in [9.17, 15) is 4.79 Å². The van der Waals surface area contributed by atoms with Crippen molar-refractivity contribution in [2.75, 3.05) is 47.3 Å². The molecule has 2 aromatic rings. The summed E-state index contributed by atoms with van der Waals surface area (Å²) in [5.74, 6) is 0.0964. The maximum absolute atomic E-state index is 12.8. The molecule has 0 bridgehead atoms. The van der Waals surface area contributed by atoms with Crippen LogP contribution in [0.3, 0.4) is 0 Å². The Bertz CT molecular complexity index is 774. The number of nitrogens with zero attached hydrogens (tertiary/aromatic N) is 3. The lowest BCUT2D eigenvalue weighted by Gasteiger charge is -2.46. The number of piperidine rings is 1. The Balaban J connectivity index is 1.51. The van der Waals surface area contributed by atoms with Crippen LogP contribution in [0.4, 0.5) is 0 Å². The molecule has 3 rings (SSSR count). The summed E-state index contributed by atoms with van der Waals surface area (Å²) in [6.07, 6.45) is 8.22. The number of hydrogen-bond acceptors (Lipinski definition) is 3. The molecule has 1 amide bonds. The third-order valence-electron chi connectivity index (χ3n) is 6.63. The summed E-state index contributed by atoms with van der Waals surface area (Å²) < 4.78 is 0. The van der Waals surface area contributed by atoms with Gasteiger partial charge in [-0.3, -0.25) is 4.79 Å². The number of likely N-dealkylation sites (N-methyl/N-ethyl adjacent to an activating group) is 1. The molecule has 5 heteroatoms. The molecule has 5 nitrogen and oxygen atoms in total. The van der Waals surface area contributed by atoms with Crippen molar-refractivity contribution in [3.05, 3.63) is 36.0 Å². The van der Waals surface area contributed by atoms with Crippen molar-refractivity contribution in [1.29, 1.82) is 0 Å². The first kappa shape index (κ1) is 20.9. The summed E-state index contributed by atoms with van der Waals surface area (Å²) in [6, 6.07) is 7.91. The number of amides is 1. The van der Waals surface area contributed by atoms with E-state index in [-0.39, 0.29) is 5.91 Å². The van der Waals surface area contributed by atoms with Crippen molar-refractivity contribution >= 4 is 16.8 Å². The molecule has 1 aromatic heterocycles. The van der Waals surface area contributed by atoms with Crippen molar-refractivity contribution in [3.8, 4) is 0 Å². The van der Waals surface area contributed by atoms with E-state index >= 15 is 0 Å². The van der Waals surface area contributed by atoms with E-state index < -0.39 is 0 Å². The number of likely N-dealkylation sites (tertiary alicyclic amines) is 1. The van der Waals surface area contributed by atoms with Gasteiger partial charge in [-0.25, -0.2) is 0 Å². The Morgan fingerprint density at radius 1 is 1.18 bits per heavy atom. The van der Waals surface area contributed by atoms with Crippen LogP contribution in [0.15, 0.2) is 30.5 Å². The fraction of sp³-hybridized carbons (Fsp3) is 0.609. The van der Waals surface area contributed by atoms with Gasteiger partial charge in [-0.2, -0.15) is 0 Å². The predicted molar refractivity (Wildman–Crippen MR) is 117 cm³/mol. The lowest BCUT2D eigenvalue weighted by Crippen LogP contribution is -2.53. The number of carbonyl (C=O) groups is 1. The van der Waals surface area contributed by atoms with Crippen LogP contribution in [-0.4, -0.2) is 78.5 Å². The highest BCUT2D eigenvalue weighted by molar-refractivity contribution is 5.97. The topological polar surface area (TPSA) is 42.6 Å². The van der Waals surface area contributed by atoms with Crippen molar-refractivity contribution in [3.63, 3.8) is 0 Å². The van der Waals surface area contributed by atoms with Gasteiger partial charge in [0.2, 0.25) is 0 Å². The van der Waals surface area contributed by atoms with Gasteiger partial charge in [0, 0.05) is 43.0 Å². The second-order valence-electron chi connectivity index (χ2n) is 8.57. The number of aromatic nitrogens is 1. The van der Waals surface area contributed by atoms with E-state index in [4.69, 9.17) is 0 Å². The highest BCUT2D eigenvalue weighted by atomic mass is 16.2. The Morgan fingerprint density at radius 2 is 1.93 bits per heavy atom. The lowest BCUT2D eigenvalue weighted by atomic mass is 9.82. The van der Waals surface area contributed by atoms with E-state index in [1.54, 1.807) is 0 Å². The fourth-order valence-corrected chi connectivity index (χ4v) is 4.41. The molecule has 1 saturated heterocycles. The minimum absolute atomic E-state index is 0.0964. The summed E-state index contributed by atoms with van der Waals surface area (Å²) in [4.78, 5) is 22.8. The normalized spacial score (nSPS) is 17.3. The molecule has 1 aliphatic heterocycles. The standard InChI is InChI=1S/C23H36N4O/c1-5-6-10-23(25(2)3)11-14-27(15-12-23)17-16-26(4)22(28)20-8-7-19-9-13-24-21(19)18-20/h7-9,13,18,24H,5-6,10-12,14-17H2,1-4H3. The molecular formula is C23H36N4O. The maximum atomic E-state index is 12.8. The highest BCUT2D eigenvalue weighted by Crippen LogP contribution is 2.32. The van der Waals surface area contributed by atoms with Crippen LogP contribution in [0.25, 0.3) is 10.9 Å². The number of aromatic amines is 1. The minimum Gasteiger partial charge on any atom is -0.361 e. The molecule has 0 radical (unpaired) electrons. The Hall–Kier alpha value is -1.85. The smallest absolute Gasteiger partial charge is 0.253 e. The molecule has 0 saturated carbocycles. The minimum atomic E-state index is 0.0964. The average molecular weight is 385 g/mol. The van der Waals surface area contributed by atoms with Crippen molar-refractivity contribution < 1.29 is 4.79 Å². The van der Waals surface area contributed by atoms with Gasteiger partial charge in [0.1, 0.15) is 0 Å². The van der Waals surface area contributed by atoms with Gasteiger partial charge in [0.15, 0.2) is 0 Å². The number of H-pyrrole nitrogens is 1. The number of hydrogen-bond donors (Lipinski definition) is 1. The summed E-state index contributed by atoms with van der Waals surface area (Å²) in [6.45, 7) is 6.24. The fourth-order valence-electron chi connectivity index (χ4n) is 4.41. The van der Waals surface area contributed by atoms with Crippen LogP contribution < -0.4 is 0 Å². The van der Waals surface area contributed by atoms with Crippen LogP contribution >= 0.6 is 0 Å². The average Bonchev–Trinajstić information content (AvgIpc) is 3.18. The summed E-state index contributed by atoms with van der Waals surface area (Å²) >= 11 is 0. The van der Waals surface area contributed by atoms with Gasteiger partial charge in [-0.1, -0.05) is 25.8 Å². The van der Waals surface area contributed by atoms with Crippen molar-refractivity contribution in [2.24, 2.45) is 0 Å². The van der Waals surface area contributed by atoms with E-state index in [1.165, 1.54) is 32.1 Å². The zero-order valence-electron chi connectivity index (χ0n) is 18.0. The second-order valence-corrected chi connectivity index (χ2v) is 8.57. The van der Waals surface area contributed by atoms with E-state index in [1.807, 2.05) is 42.4 Å². The Labute approximate surface area is 169 Å². The number of rotatable bonds is 8. The number of unbranched alkanes of at least 4 members (excludes halogenated alkanes) is 1. The third-order valence-corrected chi connectivity index (χ3v) is 6.63. The van der Waals surface area contributed by atoms with Crippen LogP contribution in [0.1, 0.15) is 49.4 Å². The van der Waals surface area contributed by atoms with Gasteiger partial charge < -0.3 is 19.7 Å². The lowest BCUT2D eigenvalue weighted by molar-refractivity contribution is 0.0432. The van der Waals surface area contributed by atoms with Gasteiger partial charge in [0.05, 0.1) is 0 Å². The molecule has 0 unspecified atom stereocenters. The zero-order valence-corrected chi connectivity index (χ0v) is 18.0. The predicted octanol–water partition coefficient (Wildman–Crippen LogP) is 3.83. The van der Waals surface area contributed by atoms with Crippen LogP contribution in [0, 0.1) is 0 Å². The third kappa shape index (κ3) is 4.58. The quantitative estimate of drug-likeness (QED) is 0.752. The SMILES string of the molecule is CCCCC1(N(C)C)CCN(CCN(C)C(=O)c2ccc3cc[nH]c3c2)CC1. The molecule has 154 valence electrons. The molecule has 0 spiro atoms. The van der Waals surface area contributed by atoms with Crippen LogP contribution in [-0.2, 0) is 0 Å². The molecule has 1 fully saturated rings. The monoisotopic (exact) mass is 384 g/mol. The molecule has 0 atom stereocenters. The number of carbonyl (C=O) groups excluding carboxylic acids is 1. The van der Waals surface area contributed by atoms with E-state index in [2.05, 4.69) is 35.8 Å².